The Labute approximate surface area is 777 Å². The van der Waals surface area contributed by atoms with E-state index in [1.165, 1.54) is 93.8 Å². The molecule has 12 rings (SSSR count). The predicted molar refractivity (Wildman–Crippen MR) is 487 cm³/mol. The molecule has 0 aliphatic carbocycles. The Hall–Kier alpha value is -13.5. The van der Waals surface area contributed by atoms with E-state index >= 15 is 0 Å². The first-order valence-corrected chi connectivity index (χ1v) is 39.4. The molecule has 0 spiro atoms. The summed E-state index contributed by atoms with van der Waals surface area (Å²) < 4.78 is 30.0. The van der Waals surface area contributed by atoms with Crippen LogP contribution in [0.25, 0.3) is 0 Å². The zero-order chi connectivity index (χ0) is 93.0. The number of hydrogen-bond acceptors (Lipinski definition) is 26. The van der Waals surface area contributed by atoms with Crippen LogP contribution in [0.2, 0.25) is 0 Å². The average molecular weight is 1960 g/mol. The maximum atomic E-state index is 12.1. The SMILES string of the molecule is C.C.C1CCOC1.CCOC(=O)c1ccc(B(O)O)c([N+](=O)[O-])c1.CCOC(=O)c1ccc(Cc2ccccc2C(=O)OC)c([N+](=O)[O-])c1.CO.COC(=O)c1ccccc1CBr.Nc1cc(C(=O)O)ccc1Cc1ccccc1C(=O)O.O.O=C(O)c1ccc(Cc2ccccc2C(=O)O)c([N+](=O)[O-])c1.O=C(O)c1ccc2c(c1)NC(=O)c1ccccc1C2.[2H]CI.[Li+].[OH-]. The van der Waals surface area contributed by atoms with Gasteiger partial charge in [0.1, 0.15) is 0 Å². The van der Waals surface area contributed by atoms with Crippen molar-refractivity contribution in [2.75, 3.05) is 63.7 Å². The number of nitro groups is 3. The standard InChI is InChI=1S/C18H17NO6.C15H11NO6.C15H13NO4.C15H11NO3.C9H10BNO6.C9H9BrO2.C4H8O.CH3I.CH4O.2CH4.Li.2H2O/c1-3-25-17(20)14-9-8-13(16(11-14)19(22)23)10-12-6-4-5-7-15(12)18(21)24-2;17-14(18)11-6-5-10(13(8-11)16(21)22)7-9-3-1-2-4-12(9)15(19)20;16-13-8-11(14(17)18)6-5-10(13)7-9-3-1-2-4-12(9)15(19)20;17-14-12-4-2-1-3-9(12)7-10-5-6-11(15(18)19)8-13(10)16-14;1-2-17-9(12)6-3-4-7(10(13)14)8(5-6)11(15)16;1-12-9(11)8-5-3-2-4-7(8)6-10;1-2-4-5-3-1;2*1-2;;;;;/h4-9,11H,3,10H2,1-2H3;1-6,8H,7H2,(H,17,18)(H,19,20);1-6,8H,7,16H2,(H,17,18)(H,19,20);1-6,8H,7H2,(H,16,17)(H,18,19);3-5,13-14H,2H2,1H3;2-5H,6H2,1H3;1-4H2;1H3;2H,1H3;2*1H4;;2*1H2/q;;;;;;;;;;;+1;;/p-1/i;;;;;;;1D;;;;;;. The minimum absolute atomic E-state index is 0. The number of carbonyl (C=O) groups is 10. The fourth-order valence-corrected chi connectivity index (χ4v) is 12.0. The molecule has 0 saturated carbocycles. The van der Waals surface area contributed by atoms with Crippen molar-refractivity contribution in [2.45, 2.75) is 72.6 Å². The van der Waals surface area contributed by atoms with Gasteiger partial charge in [0.15, 0.2) is 0 Å². The summed E-state index contributed by atoms with van der Waals surface area (Å²) in [7, 11) is 1.69. The number of nitro benzene ring substituents is 3. The third kappa shape index (κ3) is 36.4. The Balaban J connectivity index is 0. The Kier molecular flexibility index (Phi) is 54.7. The number of fused-ring (bicyclic) bond motifs is 2. The van der Waals surface area contributed by atoms with E-state index in [1.54, 1.807) is 105 Å². The second-order valence-corrected chi connectivity index (χ2v) is 25.8. The van der Waals surface area contributed by atoms with Crippen LogP contribution < -0.4 is 35.4 Å². The van der Waals surface area contributed by atoms with E-state index in [0.29, 0.717) is 79.0 Å². The van der Waals surface area contributed by atoms with E-state index in [-0.39, 0.29) is 144 Å². The van der Waals surface area contributed by atoms with Gasteiger partial charge in [-0.25, -0.2) is 43.2 Å². The number of nitrogen functional groups attached to an aromatic ring is 1. The number of nitrogens with zero attached hydrogens (tertiary/aromatic N) is 3. The number of hydrogen-bond donors (Lipinski definition) is 10. The largest absolute Gasteiger partial charge is 1.00 e. The summed E-state index contributed by atoms with van der Waals surface area (Å²) in [4.78, 5) is 145. The molecular formula is C89H97BBrILiN5O31. The average Bonchev–Trinajstić information content (AvgIpc) is 1.67. The van der Waals surface area contributed by atoms with Gasteiger partial charge in [-0.05, 0) is 143 Å². The molecule has 129 heavy (non-hydrogen) atoms. The zero-order valence-electron chi connectivity index (χ0n) is 70.0. The minimum Gasteiger partial charge on any atom is -0.870 e. The van der Waals surface area contributed by atoms with Crippen LogP contribution in [0.15, 0.2) is 212 Å². The van der Waals surface area contributed by atoms with Crippen molar-refractivity contribution in [1.82, 2.24) is 0 Å². The second-order valence-electron chi connectivity index (χ2n) is 25.2. The Bertz CT molecular complexity index is 5490. The van der Waals surface area contributed by atoms with E-state index in [4.69, 9.17) is 62.0 Å². The Morgan fingerprint density at radius 1 is 0.488 bits per heavy atom. The molecule has 14 N–H and O–H groups in total. The van der Waals surface area contributed by atoms with Gasteiger partial charge in [-0.15, -0.1) is 0 Å². The van der Waals surface area contributed by atoms with Gasteiger partial charge >= 0.3 is 79.7 Å². The van der Waals surface area contributed by atoms with Crippen LogP contribution >= 0.6 is 38.5 Å². The molecule has 40 heteroatoms. The number of methoxy groups -OCH3 is 2. The van der Waals surface area contributed by atoms with Crippen LogP contribution in [0.3, 0.4) is 0 Å². The number of carboxylic acids is 5. The smallest absolute Gasteiger partial charge is 0.870 e. The molecule has 682 valence electrons. The number of nitrogens with two attached hydrogens (primary N) is 1. The minimum atomic E-state index is -1.97. The summed E-state index contributed by atoms with van der Waals surface area (Å²) in [6, 6.07) is 54.6. The van der Waals surface area contributed by atoms with Gasteiger partial charge in [-0.2, -0.15) is 0 Å². The van der Waals surface area contributed by atoms with Gasteiger partial charge in [0, 0.05) is 99.0 Å². The molecule has 1 saturated heterocycles. The zero-order valence-corrected chi connectivity index (χ0v) is 72.8. The van der Waals surface area contributed by atoms with Crippen LogP contribution in [0, 0.1) is 30.3 Å². The summed E-state index contributed by atoms with van der Waals surface area (Å²) in [5.74, 6) is -7.75. The predicted octanol–water partition coefficient (Wildman–Crippen LogP) is 11.1. The second kappa shape index (κ2) is 61.0. The molecule has 0 atom stereocenters. The third-order valence-electron chi connectivity index (χ3n) is 17.4. The number of aliphatic hydroxyl groups is 1. The number of carbonyl (C=O) groups excluding carboxylic acids is 5. The maximum Gasteiger partial charge on any atom is 1.00 e. The van der Waals surface area contributed by atoms with Crippen molar-refractivity contribution in [1.29, 1.82) is 0 Å². The summed E-state index contributed by atoms with van der Waals surface area (Å²) in [6.45, 7) is 5.60. The van der Waals surface area contributed by atoms with Gasteiger partial charge in [0.25, 0.3) is 23.0 Å². The van der Waals surface area contributed by atoms with Gasteiger partial charge < -0.3 is 86.4 Å². The molecule has 0 unspecified atom stereocenters. The number of carboxylic acid groups (broad SMARTS) is 5. The number of ether oxygens (including phenoxy) is 5. The molecule has 2 aliphatic heterocycles. The number of aromatic carboxylic acids is 5. The van der Waals surface area contributed by atoms with Crippen molar-refractivity contribution in [3.05, 3.63) is 348 Å². The van der Waals surface area contributed by atoms with Gasteiger partial charge in [-0.1, -0.05) is 175 Å². The van der Waals surface area contributed by atoms with Crippen LogP contribution in [-0.4, -0.2) is 186 Å². The molecule has 0 aromatic heterocycles. The molecule has 10 aromatic rings. The van der Waals surface area contributed by atoms with E-state index in [2.05, 4.69) is 30.7 Å². The number of esters is 4. The molecule has 0 bridgehead atoms. The van der Waals surface area contributed by atoms with E-state index in [0.717, 1.165) is 55.2 Å². The number of alkyl halides is 2. The monoisotopic (exact) mass is 1960 g/mol. The number of anilines is 2. The number of aliphatic hydroxyl groups excluding tert-OH is 1. The topological polar surface area (TPSA) is 608 Å². The van der Waals surface area contributed by atoms with Crippen molar-refractivity contribution in [3.63, 3.8) is 0 Å². The summed E-state index contributed by atoms with van der Waals surface area (Å²) in [6.07, 6.45) is 3.70. The van der Waals surface area contributed by atoms with Gasteiger partial charge in [0.05, 0.1) is 97.7 Å². The number of rotatable bonds is 22. The number of nitrogens with one attached hydrogen (secondary N) is 1. The number of benzene rings is 10. The van der Waals surface area contributed by atoms with Crippen molar-refractivity contribution in [2.24, 2.45) is 0 Å². The molecule has 10 aromatic carbocycles. The fourth-order valence-electron chi connectivity index (χ4n) is 11.5. The van der Waals surface area contributed by atoms with Crippen molar-refractivity contribution >= 4 is 139 Å². The van der Waals surface area contributed by atoms with Crippen LogP contribution in [0.4, 0.5) is 28.4 Å². The Morgan fingerprint density at radius 3 is 1.23 bits per heavy atom. The van der Waals surface area contributed by atoms with Gasteiger partial charge in [-0.3, -0.25) is 35.1 Å². The molecule has 0 radical (unpaired) electrons. The first kappa shape index (κ1) is 116. The third-order valence-corrected chi connectivity index (χ3v) is 18.0. The molecular weight excluding hydrogens is 1860 g/mol. The Morgan fingerprint density at radius 2 is 0.837 bits per heavy atom. The fraction of sp³-hybridized carbons (Fsp3) is 0.213. The first-order chi connectivity index (χ1) is 59.7. The van der Waals surface area contributed by atoms with Crippen LogP contribution in [0.5, 0.6) is 0 Å². The first-order valence-electron chi connectivity index (χ1n) is 37.4. The van der Waals surface area contributed by atoms with E-state index in [9.17, 15) is 78.3 Å². The number of halogens is 2. The molecule has 2 heterocycles. The van der Waals surface area contributed by atoms with E-state index < -0.39 is 75.3 Å². The molecule has 2 aliphatic rings. The molecule has 36 nitrogen and oxygen atoms in total. The van der Waals surface area contributed by atoms with Crippen LogP contribution in [0.1, 0.15) is 197 Å². The van der Waals surface area contributed by atoms with Crippen molar-refractivity contribution < 1.29 is 158 Å². The summed E-state index contributed by atoms with van der Waals surface area (Å²) >= 11 is 5.25. The van der Waals surface area contributed by atoms with Crippen molar-refractivity contribution in [3.8, 4) is 0 Å². The molecule has 1 fully saturated rings. The van der Waals surface area contributed by atoms with E-state index in [1.807, 2.05) is 59.0 Å². The summed E-state index contributed by atoms with van der Waals surface area (Å²) in [5, 5.41) is 106. The quantitative estimate of drug-likeness (QED) is 0.00440. The van der Waals surface area contributed by atoms with Gasteiger partial charge in [0.2, 0.25) is 0 Å². The van der Waals surface area contributed by atoms with Crippen LogP contribution in [-0.2, 0) is 54.7 Å². The number of amides is 1. The summed E-state index contributed by atoms with van der Waals surface area (Å²) in [5.41, 5.74) is 13.2. The molecule has 1 amide bonds. The maximum absolute atomic E-state index is 12.1. The normalized spacial score (nSPS) is 10.5.